The number of nitrogens with zero attached hydrogens (tertiary/aromatic N) is 2. The van der Waals surface area contributed by atoms with Crippen molar-refractivity contribution in [3.8, 4) is 16.9 Å². The van der Waals surface area contributed by atoms with Gasteiger partial charge in [-0.1, -0.05) is 63.1 Å². The van der Waals surface area contributed by atoms with Crippen LogP contribution in [0.2, 0.25) is 0 Å². The smallest absolute Gasteiger partial charge is 0.350 e. The molecule has 0 saturated heterocycles. The van der Waals surface area contributed by atoms with E-state index in [1.807, 2.05) is 49.9 Å². The van der Waals surface area contributed by atoms with Gasteiger partial charge in [0, 0.05) is 6.42 Å². The molecule has 0 bridgehead atoms. The number of amides is 1. The van der Waals surface area contributed by atoms with Crippen molar-refractivity contribution in [2.24, 2.45) is 10.9 Å². The first-order valence-electron chi connectivity index (χ1n) is 13.8. The fourth-order valence-electron chi connectivity index (χ4n) is 5.15. The quantitative estimate of drug-likeness (QED) is 0.355. The highest BCUT2D eigenvalue weighted by Crippen LogP contribution is 2.40. The standard InChI is InChI=1S/C32H42N2O4/c1-22(2)19-27-33-32(17-8-9-18-32)28(35)34(27)21-23-13-15-24(16-14-23)25-11-10-12-26(20-25)37-31(6,7)29(36)38-30(3,4)5/h10-16,20,22H,8-9,17-19,21H2,1-7H3. The molecule has 1 aliphatic carbocycles. The molecule has 0 radical (unpaired) electrons. The lowest BCUT2D eigenvalue weighted by Gasteiger charge is -2.29. The lowest BCUT2D eigenvalue weighted by atomic mass is 9.98. The average molecular weight is 519 g/mol. The molecule has 1 aliphatic heterocycles. The minimum absolute atomic E-state index is 0.173. The fraction of sp³-hybridized carbons (Fsp3) is 0.531. The van der Waals surface area contributed by atoms with Crippen LogP contribution in [0.3, 0.4) is 0 Å². The molecule has 2 aromatic carbocycles. The summed E-state index contributed by atoms with van der Waals surface area (Å²) in [7, 11) is 0. The Morgan fingerprint density at radius 3 is 2.26 bits per heavy atom. The largest absolute Gasteiger partial charge is 0.476 e. The van der Waals surface area contributed by atoms with Gasteiger partial charge in [0.15, 0.2) is 5.60 Å². The van der Waals surface area contributed by atoms with Crippen LogP contribution in [0.25, 0.3) is 11.1 Å². The Hall–Kier alpha value is -3.15. The minimum atomic E-state index is -1.12. The number of carbonyl (C=O) groups excluding carboxylic acids is 2. The van der Waals surface area contributed by atoms with Crippen molar-refractivity contribution in [1.82, 2.24) is 4.90 Å². The maximum absolute atomic E-state index is 13.5. The highest BCUT2D eigenvalue weighted by atomic mass is 16.6. The number of aliphatic imine (C=N–C) groups is 1. The normalized spacial score (nSPS) is 17.3. The molecule has 6 heteroatoms. The first-order chi connectivity index (χ1) is 17.8. The molecular weight excluding hydrogens is 476 g/mol. The number of rotatable bonds is 8. The Kier molecular flexibility index (Phi) is 7.74. The molecule has 1 saturated carbocycles. The van der Waals surface area contributed by atoms with Crippen molar-refractivity contribution in [2.75, 3.05) is 0 Å². The predicted molar refractivity (Wildman–Crippen MR) is 151 cm³/mol. The van der Waals surface area contributed by atoms with Crippen molar-refractivity contribution in [3.63, 3.8) is 0 Å². The van der Waals surface area contributed by atoms with Gasteiger partial charge in [-0.05, 0) is 82.2 Å². The Balaban J connectivity index is 1.48. The molecule has 38 heavy (non-hydrogen) atoms. The van der Waals surface area contributed by atoms with E-state index in [9.17, 15) is 9.59 Å². The second-order valence-corrected chi connectivity index (χ2v) is 12.6. The number of amidine groups is 1. The summed E-state index contributed by atoms with van der Waals surface area (Å²) in [6.07, 6.45) is 4.70. The summed E-state index contributed by atoms with van der Waals surface area (Å²) in [5.74, 6) is 1.75. The van der Waals surface area contributed by atoms with Gasteiger partial charge >= 0.3 is 5.97 Å². The second kappa shape index (κ2) is 10.5. The highest BCUT2D eigenvalue weighted by molar-refractivity contribution is 6.08. The summed E-state index contributed by atoms with van der Waals surface area (Å²) in [5.41, 5.74) is 0.873. The van der Waals surface area contributed by atoms with E-state index in [0.717, 1.165) is 54.6 Å². The van der Waals surface area contributed by atoms with Crippen LogP contribution >= 0.6 is 0 Å². The van der Waals surface area contributed by atoms with Gasteiger partial charge in [-0.3, -0.25) is 14.7 Å². The molecule has 4 rings (SSSR count). The van der Waals surface area contributed by atoms with Gasteiger partial charge in [-0.15, -0.1) is 0 Å². The van der Waals surface area contributed by atoms with Gasteiger partial charge in [-0.2, -0.15) is 0 Å². The summed E-state index contributed by atoms with van der Waals surface area (Å²) >= 11 is 0. The van der Waals surface area contributed by atoms with Crippen molar-refractivity contribution in [1.29, 1.82) is 0 Å². The summed E-state index contributed by atoms with van der Waals surface area (Å²) in [5, 5.41) is 0. The number of benzene rings is 2. The maximum Gasteiger partial charge on any atom is 0.350 e. The van der Waals surface area contributed by atoms with E-state index in [4.69, 9.17) is 14.5 Å². The van der Waals surface area contributed by atoms with Crippen LogP contribution in [0.15, 0.2) is 53.5 Å². The Bertz CT molecular complexity index is 1200. The summed E-state index contributed by atoms with van der Waals surface area (Å²) in [4.78, 5) is 33.0. The molecular formula is C32H42N2O4. The van der Waals surface area contributed by atoms with Gasteiger partial charge in [0.05, 0.1) is 6.54 Å². The highest BCUT2D eigenvalue weighted by Gasteiger charge is 2.49. The first-order valence-corrected chi connectivity index (χ1v) is 13.8. The van der Waals surface area contributed by atoms with Gasteiger partial charge in [0.25, 0.3) is 5.91 Å². The number of ether oxygens (including phenoxy) is 2. The van der Waals surface area contributed by atoms with Crippen LogP contribution in [0.1, 0.15) is 86.1 Å². The molecule has 204 valence electrons. The molecule has 6 nitrogen and oxygen atoms in total. The third kappa shape index (κ3) is 6.28. The Morgan fingerprint density at radius 2 is 1.66 bits per heavy atom. The average Bonchev–Trinajstić information content (AvgIpc) is 3.39. The second-order valence-electron chi connectivity index (χ2n) is 12.6. The van der Waals surface area contributed by atoms with Gasteiger partial charge in [0.2, 0.25) is 0 Å². The van der Waals surface area contributed by atoms with Crippen LogP contribution in [-0.2, 0) is 20.9 Å². The van der Waals surface area contributed by atoms with Crippen LogP contribution in [0.5, 0.6) is 5.75 Å². The van der Waals surface area contributed by atoms with E-state index in [2.05, 4.69) is 38.1 Å². The van der Waals surface area contributed by atoms with Crippen LogP contribution in [-0.4, -0.2) is 39.4 Å². The van der Waals surface area contributed by atoms with Crippen LogP contribution in [0, 0.1) is 5.92 Å². The lowest BCUT2D eigenvalue weighted by molar-refractivity contribution is -0.170. The molecule has 0 N–H and O–H groups in total. The summed E-state index contributed by atoms with van der Waals surface area (Å²) in [6, 6.07) is 16.0. The monoisotopic (exact) mass is 518 g/mol. The van der Waals surface area contributed by atoms with Crippen molar-refractivity contribution >= 4 is 17.7 Å². The van der Waals surface area contributed by atoms with Crippen molar-refractivity contribution in [3.05, 3.63) is 54.1 Å². The molecule has 1 heterocycles. The van der Waals surface area contributed by atoms with Gasteiger partial charge < -0.3 is 9.47 Å². The molecule has 2 aliphatic rings. The van der Waals surface area contributed by atoms with Crippen molar-refractivity contribution in [2.45, 2.75) is 104 Å². The number of carbonyl (C=O) groups is 2. The van der Waals surface area contributed by atoms with E-state index < -0.39 is 22.7 Å². The predicted octanol–water partition coefficient (Wildman–Crippen LogP) is 6.95. The van der Waals surface area contributed by atoms with E-state index in [1.54, 1.807) is 13.8 Å². The van der Waals surface area contributed by atoms with Crippen LogP contribution < -0.4 is 4.74 Å². The summed E-state index contributed by atoms with van der Waals surface area (Å²) < 4.78 is 11.6. The SMILES string of the molecule is CC(C)CC1=NC2(CCCC2)C(=O)N1Cc1ccc(-c2cccc(OC(C)(C)C(=O)OC(C)(C)C)c2)cc1. The van der Waals surface area contributed by atoms with Gasteiger partial charge in [-0.25, -0.2) is 4.79 Å². The molecule has 2 aromatic rings. The summed E-state index contributed by atoms with van der Waals surface area (Å²) in [6.45, 7) is 13.8. The number of hydrogen-bond acceptors (Lipinski definition) is 5. The molecule has 0 atom stereocenters. The zero-order valence-electron chi connectivity index (χ0n) is 24.0. The minimum Gasteiger partial charge on any atom is -0.476 e. The zero-order chi connectivity index (χ0) is 27.7. The Morgan fingerprint density at radius 1 is 1.00 bits per heavy atom. The van der Waals surface area contributed by atoms with Gasteiger partial charge in [0.1, 0.15) is 22.7 Å². The number of hydrogen-bond donors (Lipinski definition) is 0. The zero-order valence-corrected chi connectivity index (χ0v) is 24.0. The van der Waals surface area contributed by atoms with E-state index in [-0.39, 0.29) is 5.91 Å². The lowest BCUT2D eigenvalue weighted by Crippen LogP contribution is -2.43. The van der Waals surface area contributed by atoms with E-state index in [1.165, 1.54) is 0 Å². The molecule has 1 spiro atoms. The fourth-order valence-corrected chi connectivity index (χ4v) is 5.15. The topological polar surface area (TPSA) is 68.2 Å². The molecule has 1 fully saturated rings. The molecule has 0 unspecified atom stereocenters. The van der Waals surface area contributed by atoms with E-state index >= 15 is 0 Å². The maximum atomic E-state index is 13.5. The third-order valence-electron chi connectivity index (χ3n) is 7.04. The third-order valence-corrected chi connectivity index (χ3v) is 7.04. The molecule has 1 amide bonds. The van der Waals surface area contributed by atoms with Crippen LogP contribution in [0.4, 0.5) is 0 Å². The van der Waals surface area contributed by atoms with E-state index in [0.29, 0.717) is 18.2 Å². The Labute approximate surface area is 227 Å². The number of esters is 1. The molecule has 0 aromatic heterocycles. The first kappa shape index (κ1) is 27.9. The van der Waals surface area contributed by atoms with Crippen molar-refractivity contribution < 1.29 is 19.1 Å².